The molecule has 1 fully saturated rings. The lowest BCUT2D eigenvalue weighted by atomic mass is 10.00. The van der Waals surface area contributed by atoms with E-state index in [4.69, 9.17) is 14.2 Å². The van der Waals surface area contributed by atoms with Gasteiger partial charge in [0.2, 0.25) is 0 Å². The number of nitrogens with zero attached hydrogens (tertiary/aromatic N) is 1. The van der Waals surface area contributed by atoms with Crippen molar-refractivity contribution in [2.45, 2.75) is 26.2 Å². The van der Waals surface area contributed by atoms with E-state index >= 15 is 0 Å². The summed E-state index contributed by atoms with van der Waals surface area (Å²) in [7, 11) is 1.62. The summed E-state index contributed by atoms with van der Waals surface area (Å²) >= 11 is 0. The molecule has 0 spiro atoms. The third-order valence-electron chi connectivity index (χ3n) is 6.93. The lowest BCUT2D eigenvalue weighted by molar-refractivity contribution is -0.113. The maximum absolute atomic E-state index is 13.3. The van der Waals surface area contributed by atoms with Gasteiger partial charge in [0.1, 0.15) is 12.4 Å². The summed E-state index contributed by atoms with van der Waals surface area (Å²) in [6.07, 6.45) is 4.97. The standard InChI is InChI=1S/C31H34N2O4/c1-22-5-7-23(8-6-22)24-9-11-28-26(19-24)20-25(13-17-36-28)31(34)32-27-10-12-29(35-2)30(21-27)37-18-16-33-14-3-4-15-33/h5-12,19-21H,3-4,13-18H2,1-2H3,(H,32,34). The molecule has 2 aliphatic heterocycles. The molecule has 2 aliphatic rings. The Morgan fingerprint density at radius 3 is 2.54 bits per heavy atom. The van der Waals surface area contributed by atoms with Crippen LogP contribution in [-0.2, 0) is 4.79 Å². The van der Waals surface area contributed by atoms with Crippen molar-refractivity contribution in [2.75, 3.05) is 45.3 Å². The molecule has 192 valence electrons. The molecular formula is C31H34N2O4. The highest BCUT2D eigenvalue weighted by Gasteiger charge is 2.18. The van der Waals surface area contributed by atoms with Gasteiger partial charge in [0, 0.05) is 35.9 Å². The zero-order valence-electron chi connectivity index (χ0n) is 21.6. The molecular weight excluding hydrogens is 464 g/mol. The average Bonchev–Trinajstić information content (AvgIpc) is 3.33. The molecule has 2 heterocycles. The van der Waals surface area contributed by atoms with Crippen LogP contribution < -0.4 is 19.5 Å². The number of hydrogen-bond acceptors (Lipinski definition) is 5. The van der Waals surface area contributed by atoms with E-state index < -0.39 is 0 Å². The second-order valence-corrected chi connectivity index (χ2v) is 9.60. The van der Waals surface area contributed by atoms with Gasteiger partial charge in [-0.3, -0.25) is 9.69 Å². The number of nitrogens with one attached hydrogen (secondary N) is 1. The molecule has 3 aromatic carbocycles. The first-order valence-electron chi connectivity index (χ1n) is 13.0. The topological polar surface area (TPSA) is 60.0 Å². The zero-order chi connectivity index (χ0) is 25.6. The molecule has 0 aromatic heterocycles. The Bertz CT molecular complexity index is 1280. The fraction of sp³-hybridized carbons (Fsp3) is 0.323. The SMILES string of the molecule is COc1ccc(NC(=O)C2=Cc3cc(-c4ccc(C)cc4)ccc3OCC2)cc1OCCN1CCCC1. The van der Waals surface area contributed by atoms with E-state index in [2.05, 4.69) is 53.5 Å². The van der Waals surface area contributed by atoms with Gasteiger partial charge in [0.25, 0.3) is 5.91 Å². The molecule has 0 saturated carbocycles. The van der Waals surface area contributed by atoms with Crippen LogP contribution in [0.3, 0.4) is 0 Å². The highest BCUT2D eigenvalue weighted by atomic mass is 16.5. The van der Waals surface area contributed by atoms with E-state index in [1.807, 2.05) is 30.3 Å². The van der Waals surface area contributed by atoms with Gasteiger partial charge in [-0.15, -0.1) is 0 Å². The van der Waals surface area contributed by atoms with E-state index in [-0.39, 0.29) is 5.91 Å². The van der Waals surface area contributed by atoms with Crippen LogP contribution in [0.25, 0.3) is 17.2 Å². The first-order chi connectivity index (χ1) is 18.1. The highest BCUT2D eigenvalue weighted by Crippen LogP contribution is 2.33. The minimum absolute atomic E-state index is 0.148. The van der Waals surface area contributed by atoms with Gasteiger partial charge in [0.15, 0.2) is 11.5 Å². The number of likely N-dealkylation sites (tertiary alicyclic amines) is 1. The van der Waals surface area contributed by atoms with Crippen LogP contribution in [0.15, 0.2) is 66.2 Å². The monoisotopic (exact) mass is 498 g/mol. The van der Waals surface area contributed by atoms with E-state index in [0.29, 0.717) is 42.4 Å². The number of benzene rings is 3. The largest absolute Gasteiger partial charge is 0.493 e. The van der Waals surface area contributed by atoms with Crippen LogP contribution in [0.4, 0.5) is 5.69 Å². The Labute approximate surface area is 218 Å². The first-order valence-corrected chi connectivity index (χ1v) is 13.0. The number of ether oxygens (including phenoxy) is 3. The summed E-state index contributed by atoms with van der Waals surface area (Å²) in [5.74, 6) is 1.92. The Morgan fingerprint density at radius 1 is 0.973 bits per heavy atom. The van der Waals surface area contributed by atoms with Gasteiger partial charge < -0.3 is 19.5 Å². The van der Waals surface area contributed by atoms with Crippen molar-refractivity contribution in [2.24, 2.45) is 0 Å². The van der Waals surface area contributed by atoms with Crippen molar-refractivity contribution in [1.82, 2.24) is 4.90 Å². The molecule has 5 rings (SSSR count). The maximum Gasteiger partial charge on any atom is 0.251 e. The Hall–Kier alpha value is -3.77. The van der Waals surface area contributed by atoms with Crippen molar-refractivity contribution in [3.8, 4) is 28.4 Å². The van der Waals surface area contributed by atoms with Gasteiger partial charge in [-0.2, -0.15) is 0 Å². The number of hydrogen-bond donors (Lipinski definition) is 1. The molecule has 0 radical (unpaired) electrons. The van der Waals surface area contributed by atoms with Crippen LogP contribution in [0.2, 0.25) is 0 Å². The summed E-state index contributed by atoms with van der Waals surface area (Å²) < 4.78 is 17.5. The predicted octanol–water partition coefficient (Wildman–Crippen LogP) is 5.95. The highest BCUT2D eigenvalue weighted by molar-refractivity contribution is 6.07. The number of amides is 1. The third-order valence-corrected chi connectivity index (χ3v) is 6.93. The smallest absolute Gasteiger partial charge is 0.251 e. The molecule has 3 aromatic rings. The van der Waals surface area contributed by atoms with Crippen LogP contribution in [0, 0.1) is 6.92 Å². The van der Waals surface area contributed by atoms with Crippen LogP contribution in [0.5, 0.6) is 17.2 Å². The van der Waals surface area contributed by atoms with Crippen molar-refractivity contribution in [1.29, 1.82) is 0 Å². The summed E-state index contributed by atoms with van der Waals surface area (Å²) in [5, 5.41) is 3.04. The van der Waals surface area contributed by atoms with Crippen LogP contribution in [-0.4, -0.2) is 50.8 Å². The number of fused-ring (bicyclic) bond motifs is 1. The number of carbonyl (C=O) groups excluding carboxylic acids is 1. The Balaban J connectivity index is 1.31. The van der Waals surface area contributed by atoms with Gasteiger partial charge in [-0.25, -0.2) is 0 Å². The van der Waals surface area contributed by atoms with Crippen molar-refractivity contribution >= 4 is 17.7 Å². The molecule has 0 unspecified atom stereocenters. The quantitative estimate of drug-likeness (QED) is 0.416. The fourth-order valence-electron chi connectivity index (χ4n) is 4.80. The maximum atomic E-state index is 13.3. The third kappa shape index (κ3) is 6.15. The molecule has 1 saturated heterocycles. The van der Waals surface area contributed by atoms with Gasteiger partial charge >= 0.3 is 0 Å². The normalized spacial score (nSPS) is 15.2. The van der Waals surface area contributed by atoms with E-state index in [9.17, 15) is 4.79 Å². The van der Waals surface area contributed by atoms with Crippen molar-refractivity contribution in [3.05, 3.63) is 77.4 Å². The Morgan fingerprint density at radius 2 is 1.76 bits per heavy atom. The molecule has 6 nitrogen and oxygen atoms in total. The first kappa shape index (κ1) is 24.9. The van der Waals surface area contributed by atoms with E-state index in [1.165, 1.54) is 18.4 Å². The molecule has 1 N–H and O–H groups in total. The molecule has 0 bridgehead atoms. The zero-order valence-corrected chi connectivity index (χ0v) is 21.6. The lowest BCUT2D eigenvalue weighted by Gasteiger charge is -2.17. The van der Waals surface area contributed by atoms with Crippen LogP contribution >= 0.6 is 0 Å². The summed E-state index contributed by atoms with van der Waals surface area (Å²) in [4.78, 5) is 15.7. The predicted molar refractivity (Wildman–Crippen MR) is 147 cm³/mol. The lowest BCUT2D eigenvalue weighted by Crippen LogP contribution is -2.25. The van der Waals surface area contributed by atoms with E-state index in [1.54, 1.807) is 7.11 Å². The average molecular weight is 499 g/mol. The second-order valence-electron chi connectivity index (χ2n) is 9.60. The van der Waals surface area contributed by atoms with Gasteiger partial charge in [-0.1, -0.05) is 35.9 Å². The van der Waals surface area contributed by atoms with Crippen molar-refractivity contribution < 1.29 is 19.0 Å². The molecule has 6 heteroatoms. The number of carbonyl (C=O) groups is 1. The number of rotatable bonds is 8. The van der Waals surface area contributed by atoms with Crippen LogP contribution in [0.1, 0.15) is 30.4 Å². The van der Waals surface area contributed by atoms with E-state index in [0.717, 1.165) is 42.1 Å². The molecule has 37 heavy (non-hydrogen) atoms. The molecule has 1 amide bonds. The fourth-order valence-corrected chi connectivity index (χ4v) is 4.80. The Kier molecular flexibility index (Phi) is 7.76. The summed E-state index contributed by atoms with van der Waals surface area (Å²) in [6.45, 7) is 6.25. The molecule has 0 aliphatic carbocycles. The molecule has 0 atom stereocenters. The second kappa shape index (κ2) is 11.5. The summed E-state index contributed by atoms with van der Waals surface area (Å²) in [6, 6.07) is 20.0. The minimum atomic E-state index is -0.148. The van der Waals surface area contributed by atoms with Gasteiger partial charge in [0.05, 0.1) is 13.7 Å². The van der Waals surface area contributed by atoms with Crippen molar-refractivity contribution in [3.63, 3.8) is 0 Å². The minimum Gasteiger partial charge on any atom is -0.493 e. The number of methoxy groups -OCH3 is 1. The number of anilines is 1. The number of aryl methyl sites for hydroxylation is 1. The summed E-state index contributed by atoms with van der Waals surface area (Å²) in [5.41, 5.74) is 5.69. The van der Waals surface area contributed by atoms with Gasteiger partial charge in [-0.05, 0) is 74.3 Å².